The van der Waals surface area contributed by atoms with E-state index in [0.29, 0.717) is 11.4 Å². The lowest BCUT2D eigenvalue weighted by Crippen LogP contribution is -2.46. The van der Waals surface area contributed by atoms with Crippen molar-refractivity contribution in [3.63, 3.8) is 0 Å². The topological polar surface area (TPSA) is 20.3 Å². The lowest BCUT2D eigenvalue weighted by Gasteiger charge is -2.34. The first-order chi connectivity index (χ1) is 7.38. The number of hydrogen-bond acceptors (Lipinski definition) is 1. The highest BCUT2D eigenvalue weighted by molar-refractivity contribution is 6.18. The molecule has 0 saturated heterocycles. The van der Waals surface area contributed by atoms with E-state index in [-0.39, 0.29) is 11.4 Å². The number of halogens is 1. The van der Waals surface area contributed by atoms with Crippen molar-refractivity contribution in [3.8, 4) is 0 Å². The van der Waals surface area contributed by atoms with Crippen LogP contribution in [0.25, 0.3) is 0 Å². The molecule has 0 aliphatic carbocycles. The quantitative estimate of drug-likeness (QED) is 0.743. The molecule has 0 unspecified atom stereocenters. The van der Waals surface area contributed by atoms with Gasteiger partial charge in [-0.05, 0) is 32.9 Å². The molecule has 0 N–H and O–H groups in total. The van der Waals surface area contributed by atoms with E-state index in [1.165, 1.54) is 0 Å². The number of carbonyl (C=O) groups excluding carboxylic acids is 1. The third kappa shape index (κ3) is 2.76. The number of rotatable bonds is 3. The number of nitrogens with zero attached hydrogens (tertiary/aromatic N) is 1. The first kappa shape index (κ1) is 13.0. The Morgan fingerprint density at radius 2 is 2.06 bits per heavy atom. The Kier molecular flexibility index (Phi) is 3.98. The van der Waals surface area contributed by atoms with Crippen LogP contribution in [0.3, 0.4) is 0 Å². The van der Waals surface area contributed by atoms with Gasteiger partial charge in [-0.25, -0.2) is 0 Å². The smallest absolute Gasteiger partial charge is 0.254 e. The minimum Gasteiger partial charge on any atom is -0.335 e. The van der Waals surface area contributed by atoms with E-state index in [1.807, 2.05) is 45.0 Å². The van der Waals surface area contributed by atoms with E-state index in [0.717, 1.165) is 5.56 Å². The maximum atomic E-state index is 12.2. The van der Waals surface area contributed by atoms with Gasteiger partial charge in [-0.3, -0.25) is 4.79 Å². The Morgan fingerprint density at radius 1 is 1.44 bits per heavy atom. The van der Waals surface area contributed by atoms with Crippen LogP contribution in [0.1, 0.15) is 29.8 Å². The lowest BCUT2D eigenvalue weighted by molar-refractivity contribution is 0.0660. The summed E-state index contributed by atoms with van der Waals surface area (Å²) in [6, 6.07) is 7.59. The molecule has 88 valence electrons. The van der Waals surface area contributed by atoms with Gasteiger partial charge in [0.2, 0.25) is 0 Å². The van der Waals surface area contributed by atoms with E-state index < -0.39 is 0 Å². The summed E-state index contributed by atoms with van der Waals surface area (Å²) in [5.74, 6) is 0.426. The molecule has 0 saturated carbocycles. The summed E-state index contributed by atoms with van der Waals surface area (Å²) >= 11 is 5.86. The summed E-state index contributed by atoms with van der Waals surface area (Å²) < 4.78 is 0. The zero-order chi connectivity index (χ0) is 12.3. The predicted molar refractivity (Wildman–Crippen MR) is 68.1 cm³/mol. The summed E-state index contributed by atoms with van der Waals surface area (Å²) in [6.45, 7) is 5.88. The minimum atomic E-state index is -0.331. The molecule has 3 heteroatoms. The van der Waals surface area contributed by atoms with Crippen molar-refractivity contribution in [1.29, 1.82) is 0 Å². The standard InChI is InChI=1S/C13H18ClNO/c1-10-6-5-7-11(8-10)12(16)15(4)13(2,3)9-14/h5-8H,9H2,1-4H3. The molecule has 0 aliphatic heterocycles. The predicted octanol–water partition coefficient (Wildman–Crippen LogP) is 3.08. The molecule has 1 amide bonds. The van der Waals surface area contributed by atoms with Gasteiger partial charge in [-0.15, -0.1) is 11.6 Å². The number of carbonyl (C=O) groups is 1. The molecule has 1 rings (SSSR count). The molecule has 16 heavy (non-hydrogen) atoms. The van der Waals surface area contributed by atoms with Gasteiger partial charge in [0.15, 0.2) is 0 Å². The van der Waals surface area contributed by atoms with Crippen LogP contribution in [-0.4, -0.2) is 29.3 Å². The van der Waals surface area contributed by atoms with Crippen molar-refractivity contribution in [2.45, 2.75) is 26.3 Å². The van der Waals surface area contributed by atoms with Gasteiger partial charge in [0.25, 0.3) is 5.91 Å². The van der Waals surface area contributed by atoms with E-state index >= 15 is 0 Å². The number of hydrogen-bond donors (Lipinski definition) is 0. The van der Waals surface area contributed by atoms with Crippen LogP contribution in [0.15, 0.2) is 24.3 Å². The number of alkyl halides is 1. The fraction of sp³-hybridized carbons (Fsp3) is 0.462. The van der Waals surface area contributed by atoms with Crippen LogP contribution in [-0.2, 0) is 0 Å². The number of amides is 1. The van der Waals surface area contributed by atoms with Gasteiger partial charge >= 0.3 is 0 Å². The van der Waals surface area contributed by atoms with Gasteiger partial charge in [0.1, 0.15) is 0 Å². The second-order valence-electron chi connectivity index (χ2n) is 4.68. The maximum absolute atomic E-state index is 12.2. The van der Waals surface area contributed by atoms with Gasteiger partial charge in [0.05, 0.1) is 5.54 Å². The third-order valence-electron chi connectivity index (χ3n) is 2.80. The second-order valence-corrected chi connectivity index (χ2v) is 4.95. The van der Waals surface area contributed by atoms with E-state index in [2.05, 4.69) is 0 Å². The lowest BCUT2D eigenvalue weighted by atomic mass is 10.0. The Hall–Kier alpha value is -1.02. The van der Waals surface area contributed by atoms with Crippen LogP contribution < -0.4 is 0 Å². The third-order valence-corrected chi connectivity index (χ3v) is 3.46. The van der Waals surface area contributed by atoms with Crippen LogP contribution in [0.5, 0.6) is 0 Å². The fourth-order valence-corrected chi connectivity index (χ4v) is 1.52. The van der Waals surface area contributed by atoms with Gasteiger partial charge in [-0.2, -0.15) is 0 Å². The molecule has 0 heterocycles. The molecule has 1 aromatic carbocycles. The van der Waals surface area contributed by atoms with Gasteiger partial charge in [0, 0.05) is 18.5 Å². The van der Waals surface area contributed by atoms with Crippen LogP contribution in [0, 0.1) is 6.92 Å². The molecule has 0 fully saturated rings. The summed E-state index contributed by atoms with van der Waals surface area (Å²) in [5, 5.41) is 0. The molecule has 0 aliphatic rings. The van der Waals surface area contributed by atoms with E-state index in [9.17, 15) is 4.79 Å². The van der Waals surface area contributed by atoms with Crippen LogP contribution in [0.2, 0.25) is 0 Å². The molecule has 0 aromatic heterocycles. The van der Waals surface area contributed by atoms with Crippen molar-refractivity contribution >= 4 is 17.5 Å². The zero-order valence-electron chi connectivity index (χ0n) is 10.2. The summed E-state index contributed by atoms with van der Waals surface area (Å²) in [5.41, 5.74) is 1.46. The van der Waals surface area contributed by atoms with Crippen LogP contribution >= 0.6 is 11.6 Å². The molecule has 0 atom stereocenters. The van der Waals surface area contributed by atoms with Crippen molar-refractivity contribution in [3.05, 3.63) is 35.4 Å². The number of aryl methyl sites for hydroxylation is 1. The average molecular weight is 240 g/mol. The zero-order valence-corrected chi connectivity index (χ0v) is 11.0. The first-order valence-corrected chi connectivity index (χ1v) is 5.83. The highest BCUT2D eigenvalue weighted by Gasteiger charge is 2.27. The van der Waals surface area contributed by atoms with Crippen molar-refractivity contribution in [2.75, 3.05) is 12.9 Å². The summed E-state index contributed by atoms with van der Waals surface area (Å²) in [4.78, 5) is 13.9. The highest BCUT2D eigenvalue weighted by Crippen LogP contribution is 2.17. The maximum Gasteiger partial charge on any atom is 0.254 e. The first-order valence-electron chi connectivity index (χ1n) is 5.29. The van der Waals surface area contributed by atoms with E-state index in [1.54, 1.807) is 11.9 Å². The molecular formula is C13H18ClNO. The molecule has 2 nitrogen and oxygen atoms in total. The summed E-state index contributed by atoms with van der Waals surface area (Å²) in [7, 11) is 1.78. The van der Waals surface area contributed by atoms with Gasteiger partial charge in [-0.1, -0.05) is 17.7 Å². The Morgan fingerprint density at radius 3 is 2.56 bits per heavy atom. The van der Waals surface area contributed by atoms with Crippen molar-refractivity contribution in [2.24, 2.45) is 0 Å². The Balaban J connectivity index is 2.95. The number of benzene rings is 1. The molecule has 0 spiro atoms. The monoisotopic (exact) mass is 239 g/mol. The normalized spacial score (nSPS) is 11.3. The van der Waals surface area contributed by atoms with Crippen LogP contribution in [0.4, 0.5) is 0 Å². The fourth-order valence-electron chi connectivity index (χ4n) is 1.34. The highest BCUT2D eigenvalue weighted by atomic mass is 35.5. The van der Waals surface area contributed by atoms with Gasteiger partial charge < -0.3 is 4.90 Å². The molecule has 0 radical (unpaired) electrons. The SMILES string of the molecule is Cc1cccc(C(=O)N(C)C(C)(C)CCl)c1. The van der Waals surface area contributed by atoms with Crippen molar-refractivity contribution in [1.82, 2.24) is 4.90 Å². The Bertz CT molecular complexity index is 387. The van der Waals surface area contributed by atoms with E-state index in [4.69, 9.17) is 11.6 Å². The summed E-state index contributed by atoms with van der Waals surface area (Å²) in [6.07, 6.45) is 0. The molecule has 1 aromatic rings. The minimum absolute atomic E-state index is 0.00866. The average Bonchev–Trinajstić information content (AvgIpc) is 2.27. The molecule has 0 bridgehead atoms. The van der Waals surface area contributed by atoms with Crippen molar-refractivity contribution < 1.29 is 4.79 Å². The second kappa shape index (κ2) is 4.88. The Labute approximate surface area is 102 Å². The molecular weight excluding hydrogens is 222 g/mol. The largest absolute Gasteiger partial charge is 0.335 e.